The summed E-state index contributed by atoms with van der Waals surface area (Å²) in [5.74, 6) is 1.16. The Hall–Kier alpha value is -4.58. The third-order valence-electron chi connectivity index (χ3n) is 5.96. The highest BCUT2D eigenvalue weighted by Crippen LogP contribution is 2.37. The number of carbonyl (C=O) groups is 2. The molecule has 0 spiro atoms. The molecule has 180 valence electrons. The summed E-state index contributed by atoms with van der Waals surface area (Å²) < 4.78 is 11.0. The number of benzene rings is 4. The van der Waals surface area contributed by atoms with Crippen molar-refractivity contribution in [1.29, 1.82) is 0 Å². The van der Waals surface area contributed by atoms with E-state index in [1.165, 1.54) is 0 Å². The fraction of sp³-hybridized carbons (Fsp3) is 0.133. The Kier molecular flexibility index (Phi) is 6.41. The molecule has 0 fully saturated rings. The Bertz CT molecular complexity index is 1320. The van der Waals surface area contributed by atoms with Gasteiger partial charge in [-0.05, 0) is 74.5 Å². The van der Waals surface area contributed by atoms with E-state index in [2.05, 4.69) is 10.6 Å². The Labute approximate surface area is 209 Å². The van der Waals surface area contributed by atoms with Crippen molar-refractivity contribution in [3.05, 3.63) is 107 Å². The van der Waals surface area contributed by atoms with Crippen LogP contribution in [0.4, 0.5) is 22.7 Å². The van der Waals surface area contributed by atoms with Gasteiger partial charge in [-0.2, -0.15) is 0 Å². The van der Waals surface area contributed by atoms with Crippen LogP contribution in [-0.4, -0.2) is 24.8 Å². The van der Waals surface area contributed by atoms with Gasteiger partial charge in [-0.1, -0.05) is 24.3 Å². The monoisotopic (exact) mass is 478 g/mol. The van der Waals surface area contributed by atoms with E-state index in [0.717, 1.165) is 22.9 Å². The molecule has 0 radical (unpaired) electrons. The van der Waals surface area contributed by atoms with E-state index in [1.807, 2.05) is 74.5 Å². The molecule has 0 saturated heterocycles. The van der Waals surface area contributed by atoms with Crippen LogP contribution in [0.25, 0.3) is 0 Å². The van der Waals surface area contributed by atoms with Crippen molar-refractivity contribution in [2.45, 2.75) is 13.8 Å². The SMILES string of the molecule is CCOc1ccc(Nc2cccc3c2C(=O)c2cccc(Nc4ccc(OCC)cc4)c2C3=O)cc1. The molecule has 1 aliphatic rings. The molecule has 36 heavy (non-hydrogen) atoms. The lowest BCUT2D eigenvalue weighted by atomic mass is 9.82. The smallest absolute Gasteiger partial charge is 0.196 e. The number of carbonyl (C=O) groups excluding carboxylic acids is 2. The predicted molar refractivity (Wildman–Crippen MR) is 142 cm³/mol. The number of rotatable bonds is 8. The number of ether oxygens (including phenoxy) is 2. The Morgan fingerprint density at radius 3 is 1.31 bits per heavy atom. The van der Waals surface area contributed by atoms with Crippen LogP contribution >= 0.6 is 0 Å². The summed E-state index contributed by atoms with van der Waals surface area (Å²) in [5, 5.41) is 6.59. The Balaban J connectivity index is 1.47. The first-order valence-corrected chi connectivity index (χ1v) is 11.9. The van der Waals surface area contributed by atoms with Gasteiger partial charge in [0.2, 0.25) is 0 Å². The molecule has 4 aromatic carbocycles. The fourth-order valence-corrected chi connectivity index (χ4v) is 4.36. The van der Waals surface area contributed by atoms with Gasteiger partial charge in [0.15, 0.2) is 11.6 Å². The molecular weight excluding hydrogens is 452 g/mol. The van der Waals surface area contributed by atoms with Gasteiger partial charge in [-0.25, -0.2) is 0 Å². The van der Waals surface area contributed by atoms with Gasteiger partial charge in [0.1, 0.15) is 11.5 Å². The summed E-state index contributed by atoms with van der Waals surface area (Å²) in [6, 6.07) is 25.6. The average Bonchev–Trinajstić information content (AvgIpc) is 2.90. The van der Waals surface area contributed by atoms with Crippen LogP contribution in [0.3, 0.4) is 0 Å². The summed E-state index contributed by atoms with van der Waals surface area (Å²) in [7, 11) is 0. The molecular formula is C30H26N2O4. The minimum absolute atomic E-state index is 0.191. The number of hydrogen-bond donors (Lipinski definition) is 2. The minimum Gasteiger partial charge on any atom is -0.494 e. The lowest BCUT2D eigenvalue weighted by Gasteiger charge is -2.23. The van der Waals surface area contributed by atoms with E-state index >= 15 is 0 Å². The van der Waals surface area contributed by atoms with Crippen molar-refractivity contribution in [2.75, 3.05) is 23.8 Å². The first-order chi connectivity index (χ1) is 17.6. The van der Waals surface area contributed by atoms with Gasteiger partial charge < -0.3 is 20.1 Å². The second kappa shape index (κ2) is 9.96. The highest BCUT2D eigenvalue weighted by molar-refractivity contribution is 6.32. The molecule has 0 saturated carbocycles. The van der Waals surface area contributed by atoms with Crippen molar-refractivity contribution >= 4 is 34.3 Å². The van der Waals surface area contributed by atoms with Crippen molar-refractivity contribution in [1.82, 2.24) is 0 Å². The maximum absolute atomic E-state index is 13.7. The Morgan fingerprint density at radius 2 is 0.944 bits per heavy atom. The lowest BCUT2D eigenvalue weighted by molar-refractivity contribution is 0.0980. The van der Waals surface area contributed by atoms with E-state index in [-0.39, 0.29) is 11.6 Å². The van der Waals surface area contributed by atoms with E-state index in [9.17, 15) is 9.59 Å². The van der Waals surface area contributed by atoms with Crippen molar-refractivity contribution in [2.24, 2.45) is 0 Å². The molecule has 4 aromatic rings. The number of hydrogen-bond acceptors (Lipinski definition) is 6. The molecule has 0 heterocycles. The highest BCUT2D eigenvalue weighted by atomic mass is 16.5. The molecule has 0 aromatic heterocycles. The number of nitrogens with one attached hydrogen (secondary N) is 2. The van der Waals surface area contributed by atoms with Crippen LogP contribution in [0.1, 0.15) is 45.7 Å². The standard InChI is InChI=1S/C30H26N2O4/c1-3-35-21-15-11-19(12-16-21)31-25-9-5-7-23-27(25)29(33)24-8-6-10-26(28(24)30(23)34)32-20-13-17-22(18-14-20)36-4-2/h5-18,31-32H,3-4H2,1-2H3. The first-order valence-electron chi connectivity index (χ1n) is 11.9. The maximum atomic E-state index is 13.7. The third kappa shape index (κ3) is 4.41. The zero-order valence-corrected chi connectivity index (χ0v) is 20.1. The average molecular weight is 479 g/mol. The summed E-state index contributed by atoms with van der Waals surface area (Å²) in [4.78, 5) is 27.3. The zero-order valence-electron chi connectivity index (χ0n) is 20.1. The van der Waals surface area contributed by atoms with Gasteiger partial charge >= 0.3 is 0 Å². The number of fused-ring (bicyclic) bond motifs is 2. The molecule has 0 atom stereocenters. The van der Waals surface area contributed by atoms with Crippen molar-refractivity contribution in [3.8, 4) is 11.5 Å². The number of ketones is 2. The van der Waals surface area contributed by atoms with Crippen LogP contribution in [0.2, 0.25) is 0 Å². The van der Waals surface area contributed by atoms with Gasteiger partial charge in [-0.3, -0.25) is 9.59 Å². The highest BCUT2D eigenvalue weighted by Gasteiger charge is 2.33. The van der Waals surface area contributed by atoms with Crippen LogP contribution in [0.15, 0.2) is 84.9 Å². The van der Waals surface area contributed by atoms with E-state index in [0.29, 0.717) is 46.8 Å². The topological polar surface area (TPSA) is 76.7 Å². The lowest BCUT2D eigenvalue weighted by Crippen LogP contribution is -2.23. The molecule has 1 aliphatic carbocycles. The molecule has 0 aliphatic heterocycles. The predicted octanol–water partition coefficient (Wildman–Crippen LogP) is 6.75. The van der Waals surface area contributed by atoms with Crippen LogP contribution in [0, 0.1) is 0 Å². The second-order valence-electron chi connectivity index (χ2n) is 8.28. The van der Waals surface area contributed by atoms with Gasteiger partial charge in [-0.15, -0.1) is 0 Å². The van der Waals surface area contributed by atoms with Crippen LogP contribution in [0.5, 0.6) is 11.5 Å². The maximum Gasteiger partial charge on any atom is 0.196 e. The van der Waals surface area contributed by atoms with Gasteiger partial charge in [0.25, 0.3) is 0 Å². The fourth-order valence-electron chi connectivity index (χ4n) is 4.36. The summed E-state index contributed by atoms with van der Waals surface area (Å²) in [6.07, 6.45) is 0. The number of anilines is 4. The molecule has 6 heteroatoms. The van der Waals surface area contributed by atoms with Gasteiger partial charge in [0, 0.05) is 22.5 Å². The quantitative estimate of drug-likeness (QED) is 0.257. The largest absolute Gasteiger partial charge is 0.494 e. The molecule has 5 rings (SSSR count). The molecule has 0 amide bonds. The zero-order chi connectivity index (χ0) is 25.1. The summed E-state index contributed by atoms with van der Waals surface area (Å²) in [6.45, 7) is 5.04. The Morgan fingerprint density at radius 1 is 0.556 bits per heavy atom. The van der Waals surface area contributed by atoms with E-state index in [1.54, 1.807) is 24.3 Å². The van der Waals surface area contributed by atoms with E-state index in [4.69, 9.17) is 9.47 Å². The van der Waals surface area contributed by atoms with Crippen LogP contribution in [-0.2, 0) is 0 Å². The van der Waals surface area contributed by atoms with Crippen molar-refractivity contribution < 1.29 is 19.1 Å². The van der Waals surface area contributed by atoms with Gasteiger partial charge in [0.05, 0.1) is 35.7 Å². The molecule has 6 nitrogen and oxygen atoms in total. The third-order valence-corrected chi connectivity index (χ3v) is 5.96. The first kappa shape index (κ1) is 23.2. The summed E-state index contributed by atoms with van der Waals surface area (Å²) in [5.41, 5.74) is 4.28. The molecule has 0 unspecified atom stereocenters. The van der Waals surface area contributed by atoms with E-state index < -0.39 is 0 Å². The minimum atomic E-state index is -0.191. The van der Waals surface area contributed by atoms with Crippen molar-refractivity contribution in [3.63, 3.8) is 0 Å². The normalized spacial score (nSPS) is 11.9. The molecule has 2 N–H and O–H groups in total. The van der Waals surface area contributed by atoms with Crippen LogP contribution < -0.4 is 20.1 Å². The molecule has 0 bridgehead atoms. The second-order valence-corrected chi connectivity index (χ2v) is 8.28. The summed E-state index contributed by atoms with van der Waals surface area (Å²) >= 11 is 0.